The van der Waals surface area contributed by atoms with Gasteiger partial charge in [-0.15, -0.1) is 0 Å². The quantitative estimate of drug-likeness (QED) is 0.833. The molecule has 0 aliphatic heterocycles. The van der Waals surface area contributed by atoms with Gasteiger partial charge in [-0.1, -0.05) is 34.1 Å². The number of aliphatic hydroxyl groups excluding tert-OH is 2. The molecular formula is C14H29F3N2O2. The van der Waals surface area contributed by atoms with Crippen LogP contribution >= 0.6 is 0 Å². The predicted octanol–water partition coefficient (Wildman–Crippen LogP) is 3.59. The maximum atomic E-state index is 12.4. The first kappa shape index (κ1) is 24.9. The number of alkyl halides is 3. The van der Waals surface area contributed by atoms with Crippen LogP contribution in [0.5, 0.6) is 0 Å². The Labute approximate surface area is 125 Å². The summed E-state index contributed by atoms with van der Waals surface area (Å²) in [5.74, 6) is 0. The first-order valence-corrected chi connectivity index (χ1v) is 6.94. The summed E-state index contributed by atoms with van der Waals surface area (Å²) in [7, 11) is 2.00. The van der Waals surface area contributed by atoms with Crippen LogP contribution in [0.2, 0.25) is 0 Å². The van der Waals surface area contributed by atoms with Gasteiger partial charge < -0.3 is 10.2 Å². The SMILES string of the molecule is CC.CCC.CO.CO.FC(F)(F)C1(n2cccn2)CC1. The van der Waals surface area contributed by atoms with Crippen molar-refractivity contribution in [2.75, 3.05) is 14.2 Å². The second-order valence-corrected chi connectivity index (χ2v) is 3.69. The summed E-state index contributed by atoms with van der Waals surface area (Å²) >= 11 is 0. The Morgan fingerprint density at radius 1 is 1.10 bits per heavy atom. The minimum Gasteiger partial charge on any atom is -0.400 e. The molecule has 0 radical (unpaired) electrons. The number of nitrogens with zero attached hydrogens (tertiary/aromatic N) is 2. The van der Waals surface area contributed by atoms with Gasteiger partial charge in [0.15, 0.2) is 5.54 Å². The largest absolute Gasteiger partial charge is 0.413 e. The van der Waals surface area contributed by atoms with Crippen LogP contribution in [0.1, 0.15) is 47.0 Å². The topological polar surface area (TPSA) is 58.3 Å². The van der Waals surface area contributed by atoms with Crippen molar-refractivity contribution >= 4 is 0 Å². The van der Waals surface area contributed by atoms with E-state index in [1.165, 1.54) is 24.9 Å². The lowest BCUT2D eigenvalue weighted by atomic mass is 10.3. The van der Waals surface area contributed by atoms with E-state index in [9.17, 15) is 13.2 Å². The van der Waals surface area contributed by atoms with E-state index in [2.05, 4.69) is 18.9 Å². The van der Waals surface area contributed by atoms with Crippen LogP contribution in [-0.4, -0.2) is 40.4 Å². The number of aromatic nitrogens is 2. The van der Waals surface area contributed by atoms with Crippen LogP contribution < -0.4 is 0 Å². The van der Waals surface area contributed by atoms with Crippen molar-refractivity contribution in [2.24, 2.45) is 0 Å². The van der Waals surface area contributed by atoms with E-state index in [1.807, 2.05) is 13.8 Å². The predicted molar refractivity (Wildman–Crippen MR) is 79.1 cm³/mol. The number of hydrogen-bond acceptors (Lipinski definition) is 3. The molecule has 1 fully saturated rings. The van der Waals surface area contributed by atoms with Crippen molar-refractivity contribution in [3.05, 3.63) is 18.5 Å². The van der Waals surface area contributed by atoms with Gasteiger partial charge in [0.05, 0.1) is 0 Å². The first-order valence-electron chi connectivity index (χ1n) is 6.94. The van der Waals surface area contributed by atoms with Gasteiger partial charge >= 0.3 is 6.18 Å². The van der Waals surface area contributed by atoms with Crippen molar-refractivity contribution in [1.29, 1.82) is 0 Å². The number of aliphatic hydroxyl groups is 2. The third-order valence-electron chi connectivity index (χ3n) is 2.19. The molecule has 7 heteroatoms. The van der Waals surface area contributed by atoms with Crippen LogP contribution in [0.15, 0.2) is 18.5 Å². The van der Waals surface area contributed by atoms with E-state index in [-0.39, 0.29) is 12.8 Å². The van der Waals surface area contributed by atoms with Crippen LogP contribution in [-0.2, 0) is 5.54 Å². The highest BCUT2D eigenvalue weighted by Crippen LogP contribution is 2.54. The molecular weight excluding hydrogens is 285 g/mol. The third-order valence-corrected chi connectivity index (χ3v) is 2.19. The summed E-state index contributed by atoms with van der Waals surface area (Å²) in [6, 6.07) is 1.51. The maximum absolute atomic E-state index is 12.4. The Bertz CT molecular complexity index is 298. The average Bonchev–Trinajstić information content (AvgIpc) is 3.15. The van der Waals surface area contributed by atoms with Gasteiger partial charge in [-0.05, 0) is 18.9 Å². The van der Waals surface area contributed by atoms with Gasteiger partial charge in [0, 0.05) is 26.6 Å². The molecule has 0 amide bonds. The van der Waals surface area contributed by atoms with Gasteiger partial charge in [0.2, 0.25) is 0 Å². The van der Waals surface area contributed by atoms with Gasteiger partial charge in [-0.2, -0.15) is 18.3 Å². The fourth-order valence-corrected chi connectivity index (χ4v) is 1.28. The molecule has 0 aromatic carbocycles. The molecule has 2 rings (SSSR count). The molecule has 1 aromatic rings. The van der Waals surface area contributed by atoms with Gasteiger partial charge in [0.1, 0.15) is 0 Å². The summed E-state index contributed by atoms with van der Waals surface area (Å²) in [6.07, 6.45) is 0.113. The fourth-order valence-electron chi connectivity index (χ4n) is 1.28. The van der Waals surface area contributed by atoms with E-state index in [0.29, 0.717) is 0 Å². The second kappa shape index (κ2) is 13.9. The zero-order valence-corrected chi connectivity index (χ0v) is 13.8. The number of halogens is 3. The average molecular weight is 314 g/mol. The van der Waals surface area contributed by atoms with Crippen molar-refractivity contribution in [2.45, 2.75) is 58.7 Å². The molecule has 2 N–H and O–H groups in total. The molecule has 0 bridgehead atoms. The highest BCUT2D eigenvalue weighted by Gasteiger charge is 2.65. The lowest BCUT2D eigenvalue weighted by molar-refractivity contribution is -0.182. The number of hydrogen-bond donors (Lipinski definition) is 2. The lowest BCUT2D eigenvalue weighted by Gasteiger charge is -2.19. The Morgan fingerprint density at radius 3 is 1.67 bits per heavy atom. The van der Waals surface area contributed by atoms with Gasteiger partial charge in [-0.25, -0.2) is 0 Å². The monoisotopic (exact) mass is 314 g/mol. The Hall–Kier alpha value is -1.08. The highest BCUT2D eigenvalue weighted by atomic mass is 19.4. The summed E-state index contributed by atoms with van der Waals surface area (Å²) in [5.41, 5.74) is -1.68. The Kier molecular flexibility index (Phi) is 16.5. The zero-order chi connectivity index (χ0) is 17.5. The molecule has 0 unspecified atom stereocenters. The first-order chi connectivity index (χ1) is 9.98. The molecule has 4 nitrogen and oxygen atoms in total. The molecule has 1 aliphatic rings. The van der Waals surface area contributed by atoms with Gasteiger partial charge in [0.25, 0.3) is 0 Å². The molecule has 1 aromatic heterocycles. The highest BCUT2D eigenvalue weighted by molar-refractivity contribution is 5.05. The maximum Gasteiger partial charge on any atom is 0.413 e. The van der Waals surface area contributed by atoms with Crippen LogP contribution in [0.3, 0.4) is 0 Å². The summed E-state index contributed by atoms with van der Waals surface area (Å²) in [4.78, 5) is 0. The van der Waals surface area contributed by atoms with E-state index >= 15 is 0 Å². The Balaban J connectivity index is -0.000000308. The van der Waals surface area contributed by atoms with Crippen LogP contribution in [0.25, 0.3) is 0 Å². The molecule has 1 heterocycles. The molecule has 1 aliphatic carbocycles. The zero-order valence-electron chi connectivity index (χ0n) is 13.8. The van der Waals surface area contributed by atoms with E-state index in [4.69, 9.17) is 10.2 Å². The van der Waals surface area contributed by atoms with E-state index in [0.717, 1.165) is 18.9 Å². The minimum absolute atomic E-state index is 0.151. The molecule has 0 spiro atoms. The Morgan fingerprint density at radius 2 is 1.48 bits per heavy atom. The fraction of sp³-hybridized carbons (Fsp3) is 0.786. The molecule has 128 valence electrons. The standard InChI is InChI=1S/C7H7F3N2.C3H8.C2H6.2CH4O/c8-7(9,10)6(2-3-6)12-5-1-4-11-12;1-3-2;3*1-2/h1,4-5H,2-3H2;3H2,1-2H3;1-2H3;2*2H,1H3. The molecule has 1 saturated carbocycles. The summed E-state index contributed by atoms with van der Waals surface area (Å²) in [5, 5.41) is 17.6. The third kappa shape index (κ3) is 8.06. The smallest absolute Gasteiger partial charge is 0.400 e. The lowest BCUT2D eigenvalue weighted by Crippen LogP contribution is -2.35. The normalized spacial score (nSPS) is 13.7. The summed E-state index contributed by atoms with van der Waals surface area (Å²) < 4.78 is 38.2. The van der Waals surface area contributed by atoms with Gasteiger partial charge in [-0.3, -0.25) is 4.68 Å². The van der Waals surface area contributed by atoms with Crippen molar-refractivity contribution in [3.8, 4) is 0 Å². The number of rotatable bonds is 1. The molecule has 21 heavy (non-hydrogen) atoms. The second-order valence-electron chi connectivity index (χ2n) is 3.69. The molecule has 0 saturated heterocycles. The van der Waals surface area contributed by atoms with E-state index in [1.54, 1.807) is 0 Å². The van der Waals surface area contributed by atoms with Crippen molar-refractivity contribution in [1.82, 2.24) is 9.78 Å². The van der Waals surface area contributed by atoms with Crippen molar-refractivity contribution in [3.63, 3.8) is 0 Å². The van der Waals surface area contributed by atoms with Crippen LogP contribution in [0, 0.1) is 0 Å². The summed E-state index contributed by atoms with van der Waals surface area (Å²) in [6.45, 7) is 8.25. The van der Waals surface area contributed by atoms with E-state index < -0.39 is 11.7 Å². The van der Waals surface area contributed by atoms with Crippen LogP contribution in [0.4, 0.5) is 13.2 Å². The molecule has 0 atom stereocenters. The minimum atomic E-state index is -4.17. The van der Waals surface area contributed by atoms with Crippen molar-refractivity contribution < 1.29 is 23.4 Å².